The van der Waals surface area contributed by atoms with E-state index in [-0.39, 0.29) is 0 Å². The van der Waals surface area contributed by atoms with Gasteiger partial charge in [-0.3, -0.25) is 0 Å². The van der Waals surface area contributed by atoms with E-state index in [0.29, 0.717) is 18.2 Å². The quantitative estimate of drug-likeness (QED) is 0.850. The zero-order chi connectivity index (χ0) is 11.4. The molecule has 0 atom stereocenters. The summed E-state index contributed by atoms with van der Waals surface area (Å²) < 4.78 is 0. The van der Waals surface area contributed by atoms with E-state index >= 15 is 0 Å². The number of hydrogen-bond acceptors (Lipinski definition) is 5. The van der Waals surface area contributed by atoms with E-state index in [2.05, 4.69) is 20.5 Å². The van der Waals surface area contributed by atoms with Gasteiger partial charge in [0.05, 0.1) is 0 Å². The molecule has 0 spiro atoms. The maximum atomic E-state index is 5.93. The smallest absolute Gasteiger partial charge is 0.133 e. The van der Waals surface area contributed by atoms with Crippen molar-refractivity contribution in [2.45, 2.75) is 20.0 Å². The van der Waals surface area contributed by atoms with Crippen molar-refractivity contribution in [3.05, 3.63) is 39.1 Å². The molecule has 0 aromatic carbocycles. The lowest BCUT2D eigenvalue weighted by atomic mass is 10.3. The number of nitrogens with zero attached hydrogens (tertiary/aromatic N) is 3. The Morgan fingerprint density at radius 2 is 2.25 bits per heavy atom. The van der Waals surface area contributed by atoms with E-state index in [4.69, 9.17) is 11.6 Å². The molecule has 0 aliphatic carbocycles. The van der Waals surface area contributed by atoms with Crippen molar-refractivity contribution in [3.8, 4) is 0 Å². The van der Waals surface area contributed by atoms with Gasteiger partial charge >= 0.3 is 0 Å². The third-order valence-electron chi connectivity index (χ3n) is 2.00. The molecule has 16 heavy (non-hydrogen) atoms. The van der Waals surface area contributed by atoms with Crippen molar-refractivity contribution in [3.63, 3.8) is 0 Å². The summed E-state index contributed by atoms with van der Waals surface area (Å²) in [5.41, 5.74) is 0.991. The topological polar surface area (TPSA) is 50.7 Å². The molecule has 0 saturated heterocycles. The Morgan fingerprint density at radius 1 is 1.38 bits per heavy atom. The van der Waals surface area contributed by atoms with Crippen LogP contribution in [0.4, 0.5) is 0 Å². The molecule has 0 unspecified atom stereocenters. The minimum Gasteiger partial charge on any atom is -0.306 e. The maximum Gasteiger partial charge on any atom is 0.133 e. The minimum absolute atomic E-state index is 0.545. The Morgan fingerprint density at radius 3 is 2.94 bits per heavy atom. The standard InChI is InChI=1S/C10H11ClN4S/c1-7-14-15-9(16-7)6-12-5-8-3-2-4-13-10(8)11/h2-4,12H,5-6H2,1H3. The van der Waals surface area contributed by atoms with Crippen LogP contribution in [0.5, 0.6) is 0 Å². The monoisotopic (exact) mass is 254 g/mol. The molecule has 1 N–H and O–H groups in total. The fraction of sp³-hybridized carbons (Fsp3) is 0.300. The number of aromatic nitrogens is 3. The van der Waals surface area contributed by atoms with Gasteiger partial charge in [-0.25, -0.2) is 4.98 Å². The SMILES string of the molecule is Cc1nnc(CNCc2cccnc2Cl)s1. The number of pyridine rings is 1. The average Bonchev–Trinajstić information content (AvgIpc) is 2.67. The van der Waals surface area contributed by atoms with E-state index in [1.807, 2.05) is 19.1 Å². The van der Waals surface area contributed by atoms with Gasteiger partial charge in [0.25, 0.3) is 0 Å². The summed E-state index contributed by atoms with van der Waals surface area (Å²) >= 11 is 7.53. The van der Waals surface area contributed by atoms with Crippen LogP contribution in [0.15, 0.2) is 18.3 Å². The molecule has 0 amide bonds. The van der Waals surface area contributed by atoms with Crippen LogP contribution < -0.4 is 5.32 Å². The second-order valence-electron chi connectivity index (χ2n) is 3.27. The maximum absolute atomic E-state index is 5.93. The van der Waals surface area contributed by atoms with Crippen LogP contribution in [0.25, 0.3) is 0 Å². The lowest BCUT2D eigenvalue weighted by Crippen LogP contribution is -2.13. The second-order valence-corrected chi connectivity index (χ2v) is 4.90. The van der Waals surface area contributed by atoms with Gasteiger partial charge in [-0.05, 0) is 13.0 Å². The van der Waals surface area contributed by atoms with E-state index in [1.54, 1.807) is 17.5 Å². The summed E-state index contributed by atoms with van der Waals surface area (Å²) in [5.74, 6) is 0. The first-order valence-electron chi connectivity index (χ1n) is 4.85. The number of hydrogen-bond donors (Lipinski definition) is 1. The molecule has 0 saturated carbocycles. The van der Waals surface area contributed by atoms with Gasteiger partial charge in [-0.2, -0.15) is 0 Å². The van der Waals surface area contributed by atoms with Crippen molar-refractivity contribution < 1.29 is 0 Å². The van der Waals surface area contributed by atoms with Crippen molar-refractivity contribution in [1.82, 2.24) is 20.5 Å². The lowest BCUT2D eigenvalue weighted by molar-refractivity contribution is 0.682. The molecule has 4 nitrogen and oxygen atoms in total. The summed E-state index contributed by atoms with van der Waals surface area (Å²) in [6.45, 7) is 3.33. The first-order chi connectivity index (χ1) is 7.75. The molecule has 2 aromatic rings. The summed E-state index contributed by atoms with van der Waals surface area (Å²) in [5, 5.41) is 13.7. The minimum atomic E-state index is 0.545. The molecule has 0 aliphatic rings. The summed E-state index contributed by atoms with van der Waals surface area (Å²) in [6, 6.07) is 3.83. The molecule has 0 bridgehead atoms. The van der Waals surface area contributed by atoms with Crippen LogP contribution in [0.2, 0.25) is 5.15 Å². The summed E-state index contributed by atoms with van der Waals surface area (Å²) in [6.07, 6.45) is 1.68. The van der Waals surface area contributed by atoms with Crippen molar-refractivity contribution in [2.24, 2.45) is 0 Å². The highest BCUT2D eigenvalue weighted by molar-refractivity contribution is 7.11. The highest BCUT2D eigenvalue weighted by Gasteiger charge is 2.02. The zero-order valence-corrected chi connectivity index (χ0v) is 10.3. The molecular weight excluding hydrogens is 244 g/mol. The van der Waals surface area contributed by atoms with E-state index < -0.39 is 0 Å². The number of halogens is 1. The molecule has 84 valence electrons. The molecule has 2 rings (SSSR count). The van der Waals surface area contributed by atoms with Gasteiger partial charge in [-0.1, -0.05) is 17.7 Å². The molecule has 2 heterocycles. The predicted octanol–water partition coefficient (Wildman–Crippen LogP) is 2.18. The summed E-state index contributed by atoms with van der Waals surface area (Å²) in [7, 11) is 0. The molecule has 2 aromatic heterocycles. The highest BCUT2D eigenvalue weighted by atomic mass is 35.5. The number of nitrogens with one attached hydrogen (secondary N) is 1. The zero-order valence-electron chi connectivity index (χ0n) is 8.77. The number of aryl methyl sites for hydroxylation is 1. The van der Waals surface area contributed by atoms with Crippen molar-refractivity contribution in [2.75, 3.05) is 0 Å². The predicted molar refractivity (Wildman–Crippen MR) is 64.4 cm³/mol. The first kappa shape index (κ1) is 11.4. The fourth-order valence-electron chi connectivity index (χ4n) is 1.26. The van der Waals surface area contributed by atoms with Gasteiger partial charge in [0.1, 0.15) is 15.2 Å². The Hall–Kier alpha value is -1.04. The van der Waals surface area contributed by atoms with Crippen molar-refractivity contribution >= 4 is 22.9 Å². The van der Waals surface area contributed by atoms with Crippen LogP contribution in [0, 0.1) is 6.92 Å². The van der Waals surface area contributed by atoms with Crippen LogP contribution in [0.1, 0.15) is 15.6 Å². The van der Waals surface area contributed by atoms with Gasteiger partial charge in [0, 0.05) is 24.8 Å². The first-order valence-corrected chi connectivity index (χ1v) is 6.04. The Balaban J connectivity index is 1.87. The van der Waals surface area contributed by atoms with Crippen LogP contribution in [-0.2, 0) is 13.1 Å². The molecular formula is C10H11ClN4S. The van der Waals surface area contributed by atoms with Crippen LogP contribution >= 0.6 is 22.9 Å². The number of rotatable bonds is 4. The van der Waals surface area contributed by atoms with Gasteiger partial charge in [0.15, 0.2) is 0 Å². The second kappa shape index (κ2) is 5.34. The van der Waals surface area contributed by atoms with E-state index in [9.17, 15) is 0 Å². The van der Waals surface area contributed by atoms with Gasteiger partial charge < -0.3 is 5.32 Å². The molecule has 0 radical (unpaired) electrons. The third kappa shape index (κ3) is 2.98. The normalized spacial score (nSPS) is 10.6. The van der Waals surface area contributed by atoms with Gasteiger partial charge in [-0.15, -0.1) is 21.5 Å². The largest absolute Gasteiger partial charge is 0.306 e. The molecule has 0 fully saturated rings. The van der Waals surface area contributed by atoms with Crippen molar-refractivity contribution in [1.29, 1.82) is 0 Å². The Kier molecular flexibility index (Phi) is 3.82. The fourth-order valence-corrected chi connectivity index (χ4v) is 2.13. The summed E-state index contributed by atoms with van der Waals surface area (Å²) in [4.78, 5) is 4.01. The lowest BCUT2D eigenvalue weighted by Gasteiger charge is -2.03. The van der Waals surface area contributed by atoms with E-state index in [0.717, 1.165) is 15.6 Å². The average molecular weight is 255 g/mol. The Bertz CT molecular complexity index is 471. The third-order valence-corrected chi connectivity index (χ3v) is 3.17. The molecule has 6 heteroatoms. The Labute approximate surface area is 103 Å². The van der Waals surface area contributed by atoms with Gasteiger partial charge in [0.2, 0.25) is 0 Å². The van der Waals surface area contributed by atoms with E-state index in [1.165, 1.54) is 0 Å². The molecule has 0 aliphatic heterocycles. The van der Waals surface area contributed by atoms with Crippen LogP contribution in [0.3, 0.4) is 0 Å². The highest BCUT2D eigenvalue weighted by Crippen LogP contribution is 2.12. The van der Waals surface area contributed by atoms with Crippen LogP contribution in [-0.4, -0.2) is 15.2 Å².